The van der Waals surface area contributed by atoms with Crippen LogP contribution in [-0.2, 0) is 11.3 Å². The van der Waals surface area contributed by atoms with Gasteiger partial charge in [-0.15, -0.1) is 0 Å². The van der Waals surface area contributed by atoms with E-state index in [0.717, 1.165) is 31.2 Å². The summed E-state index contributed by atoms with van der Waals surface area (Å²) in [6.45, 7) is 2.88. The molecule has 1 unspecified atom stereocenters. The lowest BCUT2D eigenvalue weighted by Gasteiger charge is -2.11. The van der Waals surface area contributed by atoms with Crippen molar-refractivity contribution in [2.45, 2.75) is 39.2 Å². The van der Waals surface area contributed by atoms with Crippen LogP contribution in [0.15, 0.2) is 24.3 Å². The summed E-state index contributed by atoms with van der Waals surface area (Å²) in [5, 5.41) is 14.7. The zero-order valence-corrected chi connectivity index (χ0v) is 13.7. The molecule has 2 rings (SSSR count). The number of aliphatic hydroxyl groups is 1. The van der Waals surface area contributed by atoms with Gasteiger partial charge in [0.2, 0.25) is 5.91 Å². The van der Waals surface area contributed by atoms with Crippen molar-refractivity contribution in [1.82, 2.24) is 10.6 Å². The summed E-state index contributed by atoms with van der Waals surface area (Å²) in [6.07, 6.45) is 4.29. The molecule has 0 heterocycles. The molecule has 5 nitrogen and oxygen atoms in total. The van der Waals surface area contributed by atoms with E-state index in [1.807, 2.05) is 19.1 Å². The summed E-state index contributed by atoms with van der Waals surface area (Å²) in [5.74, 6) is 0.215. The number of aliphatic hydroxyl groups excluding tert-OH is 1. The Kier molecular flexibility index (Phi) is 6.59. The van der Waals surface area contributed by atoms with Gasteiger partial charge in [-0.2, -0.15) is 0 Å². The number of nitrogens with one attached hydrogen (secondary N) is 2. The Labute approximate surface area is 137 Å². The maximum absolute atomic E-state index is 12.0. The van der Waals surface area contributed by atoms with Gasteiger partial charge in [-0.1, -0.05) is 31.9 Å². The molecule has 126 valence electrons. The van der Waals surface area contributed by atoms with E-state index in [0.29, 0.717) is 18.7 Å². The molecule has 0 radical (unpaired) electrons. The topological polar surface area (TPSA) is 78.4 Å². The van der Waals surface area contributed by atoms with Crippen LogP contribution in [-0.4, -0.2) is 30.1 Å². The van der Waals surface area contributed by atoms with Gasteiger partial charge < -0.3 is 15.7 Å². The van der Waals surface area contributed by atoms with Crippen LogP contribution in [0.1, 0.15) is 48.5 Å². The van der Waals surface area contributed by atoms with Gasteiger partial charge in [0.25, 0.3) is 5.91 Å². The average molecular weight is 318 g/mol. The minimum absolute atomic E-state index is 0.0454. The Bertz CT molecular complexity index is 522. The summed E-state index contributed by atoms with van der Waals surface area (Å²) in [5.41, 5.74) is 1.57. The molecule has 1 aliphatic rings. The van der Waals surface area contributed by atoms with E-state index in [-0.39, 0.29) is 30.3 Å². The van der Waals surface area contributed by atoms with Crippen molar-refractivity contribution < 1.29 is 14.7 Å². The number of amides is 2. The molecule has 0 bridgehead atoms. The van der Waals surface area contributed by atoms with Gasteiger partial charge in [0, 0.05) is 31.2 Å². The quantitative estimate of drug-likeness (QED) is 0.718. The van der Waals surface area contributed by atoms with E-state index in [9.17, 15) is 9.59 Å². The predicted molar refractivity (Wildman–Crippen MR) is 88.8 cm³/mol. The van der Waals surface area contributed by atoms with Crippen LogP contribution in [0.25, 0.3) is 0 Å². The Morgan fingerprint density at radius 3 is 2.43 bits per heavy atom. The molecule has 23 heavy (non-hydrogen) atoms. The van der Waals surface area contributed by atoms with Crippen LogP contribution in [0.4, 0.5) is 0 Å². The van der Waals surface area contributed by atoms with Crippen LogP contribution in [0.5, 0.6) is 0 Å². The van der Waals surface area contributed by atoms with Gasteiger partial charge in [0.15, 0.2) is 0 Å². The standard InChI is InChI=1S/C18H26N2O3/c1-13(12-21)10-19-18(23)16-8-6-14(7-9-16)11-20-17(22)15-4-2-3-5-15/h6-9,13,15,21H,2-5,10-12H2,1H3,(H,19,23)(H,20,22). The first-order valence-corrected chi connectivity index (χ1v) is 8.36. The number of hydrogen-bond acceptors (Lipinski definition) is 3. The zero-order valence-electron chi connectivity index (χ0n) is 13.7. The fraction of sp³-hybridized carbons (Fsp3) is 0.556. The molecule has 2 amide bonds. The lowest BCUT2D eigenvalue weighted by Crippen LogP contribution is -2.30. The van der Waals surface area contributed by atoms with Gasteiger partial charge in [0.1, 0.15) is 0 Å². The highest BCUT2D eigenvalue weighted by molar-refractivity contribution is 5.94. The van der Waals surface area contributed by atoms with Crippen molar-refractivity contribution >= 4 is 11.8 Å². The molecule has 3 N–H and O–H groups in total. The second kappa shape index (κ2) is 8.67. The van der Waals surface area contributed by atoms with Crippen molar-refractivity contribution in [3.05, 3.63) is 35.4 Å². The lowest BCUT2D eigenvalue weighted by molar-refractivity contribution is -0.124. The molecule has 1 fully saturated rings. The van der Waals surface area contributed by atoms with Crippen LogP contribution >= 0.6 is 0 Å². The van der Waals surface area contributed by atoms with Gasteiger partial charge in [-0.3, -0.25) is 9.59 Å². The first kappa shape index (κ1) is 17.5. The van der Waals surface area contributed by atoms with Crippen LogP contribution in [0, 0.1) is 11.8 Å². The molecule has 1 aromatic rings. The van der Waals surface area contributed by atoms with E-state index < -0.39 is 0 Å². The second-order valence-electron chi connectivity index (χ2n) is 6.39. The maximum atomic E-state index is 12.0. The Hall–Kier alpha value is -1.88. The third kappa shape index (κ3) is 5.36. The van der Waals surface area contributed by atoms with E-state index in [2.05, 4.69) is 10.6 Å². The highest BCUT2D eigenvalue weighted by Crippen LogP contribution is 2.24. The van der Waals surface area contributed by atoms with Crippen molar-refractivity contribution in [1.29, 1.82) is 0 Å². The summed E-state index contributed by atoms with van der Waals surface area (Å²) in [7, 11) is 0. The van der Waals surface area contributed by atoms with Crippen molar-refractivity contribution in [2.75, 3.05) is 13.2 Å². The smallest absolute Gasteiger partial charge is 0.251 e. The summed E-state index contributed by atoms with van der Waals surface area (Å²) < 4.78 is 0. The van der Waals surface area contributed by atoms with Gasteiger partial charge >= 0.3 is 0 Å². The van der Waals surface area contributed by atoms with Gasteiger partial charge in [-0.05, 0) is 36.5 Å². The molecular formula is C18H26N2O3. The second-order valence-corrected chi connectivity index (χ2v) is 6.39. The first-order chi connectivity index (χ1) is 11.1. The molecule has 5 heteroatoms. The highest BCUT2D eigenvalue weighted by atomic mass is 16.3. The van der Waals surface area contributed by atoms with Crippen molar-refractivity contribution in [2.24, 2.45) is 11.8 Å². The van der Waals surface area contributed by atoms with Crippen LogP contribution in [0.2, 0.25) is 0 Å². The van der Waals surface area contributed by atoms with Gasteiger partial charge in [-0.25, -0.2) is 0 Å². The minimum Gasteiger partial charge on any atom is -0.396 e. The fourth-order valence-corrected chi connectivity index (χ4v) is 2.73. The molecule has 1 aliphatic carbocycles. The highest BCUT2D eigenvalue weighted by Gasteiger charge is 2.22. The number of rotatable bonds is 7. The molecule has 0 aliphatic heterocycles. The van der Waals surface area contributed by atoms with Crippen LogP contribution < -0.4 is 10.6 Å². The normalized spacial score (nSPS) is 16.1. The molecule has 1 aromatic carbocycles. The molecule has 0 spiro atoms. The number of benzene rings is 1. The first-order valence-electron chi connectivity index (χ1n) is 8.36. The zero-order chi connectivity index (χ0) is 16.7. The molecule has 1 saturated carbocycles. The monoisotopic (exact) mass is 318 g/mol. The predicted octanol–water partition coefficient (Wildman–Crippen LogP) is 1.85. The Balaban J connectivity index is 1.79. The summed E-state index contributed by atoms with van der Waals surface area (Å²) >= 11 is 0. The largest absolute Gasteiger partial charge is 0.396 e. The van der Waals surface area contributed by atoms with Gasteiger partial charge in [0.05, 0.1) is 0 Å². The summed E-state index contributed by atoms with van der Waals surface area (Å²) in [6, 6.07) is 7.24. The molecule has 0 saturated heterocycles. The third-order valence-corrected chi connectivity index (χ3v) is 4.33. The lowest BCUT2D eigenvalue weighted by atomic mass is 10.1. The fourth-order valence-electron chi connectivity index (χ4n) is 2.73. The van der Waals surface area contributed by atoms with E-state index in [1.54, 1.807) is 12.1 Å². The SMILES string of the molecule is CC(CO)CNC(=O)c1ccc(CNC(=O)C2CCCC2)cc1. The van der Waals surface area contributed by atoms with E-state index >= 15 is 0 Å². The Morgan fingerprint density at radius 1 is 1.17 bits per heavy atom. The minimum atomic E-state index is -0.146. The summed E-state index contributed by atoms with van der Waals surface area (Å²) in [4.78, 5) is 23.9. The van der Waals surface area contributed by atoms with Crippen molar-refractivity contribution in [3.8, 4) is 0 Å². The van der Waals surface area contributed by atoms with Crippen molar-refractivity contribution in [3.63, 3.8) is 0 Å². The molecule has 1 atom stereocenters. The number of carbonyl (C=O) groups is 2. The number of hydrogen-bond donors (Lipinski definition) is 3. The average Bonchev–Trinajstić information content (AvgIpc) is 3.12. The van der Waals surface area contributed by atoms with Crippen LogP contribution in [0.3, 0.4) is 0 Å². The molecule has 0 aromatic heterocycles. The molecular weight excluding hydrogens is 292 g/mol. The number of carbonyl (C=O) groups excluding carboxylic acids is 2. The third-order valence-electron chi connectivity index (χ3n) is 4.33. The Morgan fingerprint density at radius 2 is 1.83 bits per heavy atom. The van der Waals surface area contributed by atoms with E-state index in [4.69, 9.17) is 5.11 Å². The van der Waals surface area contributed by atoms with E-state index in [1.165, 1.54) is 0 Å². The maximum Gasteiger partial charge on any atom is 0.251 e.